The molecule has 0 aliphatic rings. The Morgan fingerprint density at radius 1 is 0.962 bits per heavy atom. The summed E-state index contributed by atoms with van der Waals surface area (Å²) in [5.74, 6) is -0.847. The largest absolute Gasteiger partial charge is 0.482 e. The van der Waals surface area contributed by atoms with E-state index in [1.807, 2.05) is 0 Å². The topological polar surface area (TPSA) is 67.4 Å². The zero-order chi connectivity index (χ0) is 19.0. The summed E-state index contributed by atoms with van der Waals surface area (Å²) in [6.07, 6.45) is -4.51. The fourth-order valence-electron chi connectivity index (χ4n) is 2.05. The number of carbonyl (C=O) groups is 2. The predicted octanol–water partition coefficient (Wildman–Crippen LogP) is 3.39. The van der Waals surface area contributed by atoms with E-state index in [1.54, 1.807) is 36.4 Å². The summed E-state index contributed by atoms with van der Waals surface area (Å²) in [5.41, 5.74) is 0.606. The molecule has 26 heavy (non-hydrogen) atoms. The average Bonchev–Trinajstić information content (AvgIpc) is 2.61. The van der Waals surface area contributed by atoms with E-state index in [9.17, 15) is 22.8 Å². The monoisotopic (exact) mass is 366 g/mol. The Kier molecular flexibility index (Phi) is 6.60. The highest BCUT2D eigenvalue weighted by molar-refractivity contribution is 5.95. The van der Waals surface area contributed by atoms with Gasteiger partial charge in [0.05, 0.1) is 5.69 Å². The van der Waals surface area contributed by atoms with Crippen LogP contribution < -0.4 is 15.4 Å². The van der Waals surface area contributed by atoms with Crippen LogP contribution in [0.25, 0.3) is 0 Å². The number of benzene rings is 2. The third-order valence-corrected chi connectivity index (χ3v) is 3.23. The number of amides is 2. The molecule has 0 saturated heterocycles. The zero-order valence-electron chi connectivity index (χ0n) is 13.7. The first kappa shape index (κ1) is 19.3. The molecule has 2 amide bonds. The summed E-state index contributed by atoms with van der Waals surface area (Å²) in [7, 11) is 0. The molecule has 2 N–H and O–H groups in total. The van der Waals surface area contributed by atoms with E-state index in [2.05, 4.69) is 10.6 Å². The molecule has 0 aliphatic carbocycles. The lowest BCUT2D eigenvalue weighted by atomic mass is 10.2. The third-order valence-electron chi connectivity index (χ3n) is 3.23. The maximum atomic E-state index is 12.3. The molecule has 5 nitrogen and oxygen atoms in total. The quantitative estimate of drug-likeness (QED) is 0.789. The van der Waals surface area contributed by atoms with Gasteiger partial charge in [0, 0.05) is 18.5 Å². The van der Waals surface area contributed by atoms with E-state index >= 15 is 0 Å². The fraction of sp³-hybridized carbons (Fsp3) is 0.222. The van der Waals surface area contributed by atoms with Gasteiger partial charge in [-0.25, -0.2) is 0 Å². The number of halogens is 3. The lowest BCUT2D eigenvalue weighted by Gasteiger charge is -2.14. The Morgan fingerprint density at radius 3 is 2.31 bits per heavy atom. The van der Waals surface area contributed by atoms with E-state index in [1.165, 1.54) is 18.2 Å². The van der Waals surface area contributed by atoms with Crippen molar-refractivity contribution in [1.29, 1.82) is 0 Å². The van der Waals surface area contributed by atoms with Crippen molar-refractivity contribution in [3.05, 3.63) is 60.2 Å². The maximum Gasteiger partial charge on any atom is 0.422 e. The molecule has 0 spiro atoms. The van der Waals surface area contributed by atoms with Crippen molar-refractivity contribution in [3.8, 4) is 5.75 Å². The van der Waals surface area contributed by atoms with E-state index < -0.39 is 18.7 Å². The lowest BCUT2D eigenvalue weighted by molar-refractivity contribution is -0.153. The van der Waals surface area contributed by atoms with Crippen molar-refractivity contribution in [2.75, 3.05) is 18.5 Å². The molecule has 0 aromatic heterocycles. The van der Waals surface area contributed by atoms with Crippen LogP contribution in [0.4, 0.5) is 18.9 Å². The Labute approximate surface area is 148 Å². The van der Waals surface area contributed by atoms with Crippen LogP contribution >= 0.6 is 0 Å². The van der Waals surface area contributed by atoms with Gasteiger partial charge >= 0.3 is 6.18 Å². The van der Waals surface area contributed by atoms with E-state index in [0.29, 0.717) is 5.56 Å². The molecule has 2 aromatic rings. The van der Waals surface area contributed by atoms with Gasteiger partial charge in [0.1, 0.15) is 5.75 Å². The molecule has 138 valence electrons. The van der Waals surface area contributed by atoms with Crippen molar-refractivity contribution in [1.82, 2.24) is 5.32 Å². The van der Waals surface area contributed by atoms with Crippen molar-refractivity contribution in [2.45, 2.75) is 12.6 Å². The molecule has 8 heteroatoms. The first-order chi connectivity index (χ1) is 12.3. The van der Waals surface area contributed by atoms with Crippen LogP contribution in [0, 0.1) is 0 Å². The zero-order valence-corrected chi connectivity index (χ0v) is 13.7. The first-order valence-electron chi connectivity index (χ1n) is 7.77. The van der Waals surface area contributed by atoms with Crippen molar-refractivity contribution in [2.24, 2.45) is 0 Å². The highest BCUT2D eigenvalue weighted by atomic mass is 19.4. The third kappa shape index (κ3) is 6.46. The summed E-state index contributed by atoms with van der Waals surface area (Å²) >= 11 is 0. The van der Waals surface area contributed by atoms with Gasteiger partial charge in [0.15, 0.2) is 6.61 Å². The van der Waals surface area contributed by atoms with Crippen LogP contribution in [0.5, 0.6) is 5.75 Å². The Bertz CT molecular complexity index is 749. The van der Waals surface area contributed by atoms with Crippen LogP contribution in [-0.2, 0) is 4.79 Å². The highest BCUT2D eigenvalue weighted by Crippen LogP contribution is 2.26. The minimum Gasteiger partial charge on any atom is -0.482 e. The molecule has 0 unspecified atom stereocenters. The normalized spacial score (nSPS) is 10.9. The second-order valence-corrected chi connectivity index (χ2v) is 5.32. The van der Waals surface area contributed by atoms with Gasteiger partial charge < -0.3 is 15.4 Å². The van der Waals surface area contributed by atoms with Gasteiger partial charge in [-0.2, -0.15) is 13.2 Å². The molecular formula is C18H17F3N2O3. The van der Waals surface area contributed by atoms with Crippen LogP contribution in [0.2, 0.25) is 0 Å². The summed E-state index contributed by atoms with van der Waals surface area (Å²) in [5, 5.41) is 5.07. The Hall–Kier alpha value is -3.03. The summed E-state index contributed by atoms with van der Waals surface area (Å²) in [6, 6.07) is 14.3. The minimum absolute atomic E-state index is 0.0355. The standard InChI is InChI=1S/C18H17F3N2O3/c19-18(20,21)12-26-15-9-5-4-8-14(15)23-16(24)10-11-22-17(25)13-6-2-1-3-7-13/h1-9H,10-12H2,(H,22,25)(H,23,24). The number of hydrogen-bond donors (Lipinski definition) is 2. The molecule has 2 aromatic carbocycles. The van der Waals surface area contributed by atoms with Gasteiger partial charge in [-0.1, -0.05) is 30.3 Å². The fourth-order valence-corrected chi connectivity index (χ4v) is 2.05. The summed E-state index contributed by atoms with van der Waals surface area (Å²) < 4.78 is 41.5. The molecule has 0 saturated carbocycles. The molecule has 0 fully saturated rings. The van der Waals surface area contributed by atoms with Crippen LogP contribution in [-0.4, -0.2) is 31.1 Å². The number of alkyl halides is 3. The molecule has 0 radical (unpaired) electrons. The van der Waals surface area contributed by atoms with Crippen LogP contribution in [0.3, 0.4) is 0 Å². The molecular weight excluding hydrogens is 349 g/mol. The summed E-state index contributed by atoms with van der Waals surface area (Å²) in [4.78, 5) is 23.8. The molecule has 0 bridgehead atoms. The maximum absolute atomic E-state index is 12.3. The van der Waals surface area contributed by atoms with Gasteiger partial charge in [0.2, 0.25) is 5.91 Å². The van der Waals surface area contributed by atoms with Gasteiger partial charge in [0.25, 0.3) is 5.91 Å². The smallest absolute Gasteiger partial charge is 0.422 e. The minimum atomic E-state index is -4.47. The molecule has 2 rings (SSSR count). The van der Waals surface area contributed by atoms with Gasteiger partial charge in [-0.15, -0.1) is 0 Å². The van der Waals surface area contributed by atoms with E-state index in [-0.39, 0.29) is 30.3 Å². The Balaban J connectivity index is 1.83. The second-order valence-electron chi connectivity index (χ2n) is 5.32. The second kappa shape index (κ2) is 8.89. The van der Waals surface area contributed by atoms with E-state index in [0.717, 1.165) is 0 Å². The van der Waals surface area contributed by atoms with E-state index in [4.69, 9.17) is 4.74 Å². The SMILES string of the molecule is O=C(CCNC(=O)c1ccccc1)Nc1ccccc1OCC(F)(F)F. The highest BCUT2D eigenvalue weighted by Gasteiger charge is 2.28. The summed E-state index contributed by atoms with van der Waals surface area (Å²) in [6.45, 7) is -1.36. The molecule has 0 heterocycles. The number of anilines is 1. The number of carbonyl (C=O) groups excluding carboxylic acids is 2. The number of hydrogen-bond acceptors (Lipinski definition) is 3. The number of rotatable bonds is 7. The number of nitrogens with one attached hydrogen (secondary N) is 2. The lowest BCUT2D eigenvalue weighted by Crippen LogP contribution is -2.27. The average molecular weight is 366 g/mol. The van der Waals surface area contributed by atoms with Crippen LogP contribution in [0.15, 0.2) is 54.6 Å². The van der Waals surface area contributed by atoms with Gasteiger partial charge in [-0.05, 0) is 24.3 Å². The van der Waals surface area contributed by atoms with Crippen molar-refractivity contribution in [3.63, 3.8) is 0 Å². The number of ether oxygens (including phenoxy) is 1. The van der Waals surface area contributed by atoms with Crippen molar-refractivity contribution >= 4 is 17.5 Å². The molecule has 0 atom stereocenters. The number of para-hydroxylation sites is 2. The Morgan fingerprint density at radius 2 is 1.62 bits per heavy atom. The first-order valence-corrected chi connectivity index (χ1v) is 7.77. The van der Waals surface area contributed by atoms with Crippen molar-refractivity contribution < 1.29 is 27.5 Å². The van der Waals surface area contributed by atoms with Gasteiger partial charge in [-0.3, -0.25) is 9.59 Å². The molecule has 0 aliphatic heterocycles. The predicted molar refractivity (Wildman–Crippen MR) is 90.0 cm³/mol. The van der Waals surface area contributed by atoms with Crippen LogP contribution in [0.1, 0.15) is 16.8 Å².